The van der Waals surface area contributed by atoms with Crippen molar-refractivity contribution in [2.45, 2.75) is 10.9 Å². The number of hydrogen-bond acceptors (Lipinski definition) is 3. The molecule has 21 heavy (non-hydrogen) atoms. The van der Waals surface area contributed by atoms with Crippen LogP contribution in [0.15, 0.2) is 41.3 Å². The SMILES string of the molecule is CN1c2ccccc2C(N)c2cc(Cl)c(Cl)cc2S1(=O)=O. The highest BCUT2D eigenvalue weighted by molar-refractivity contribution is 7.92. The Morgan fingerprint density at radius 3 is 2.43 bits per heavy atom. The lowest BCUT2D eigenvalue weighted by Crippen LogP contribution is -2.26. The van der Waals surface area contributed by atoms with Gasteiger partial charge in [-0.2, -0.15) is 0 Å². The third-order valence-electron chi connectivity index (χ3n) is 3.64. The zero-order valence-electron chi connectivity index (χ0n) is 11.0. The van der Waals surface area contributed by atoms with Crippen molar-refractivity contribution >= 4 is 38.9 Å². The molecule has 3 rings (SSSR count). The van der Waals surface area contributed by atoms with Crippen molar-refractivity contribution in [3.8, 4) is 0 Å². The molecule has 0 saturated carbocycles. The summed E-state index contributed by atoms with van der Waals surface area (Å²) in [6.07, 6.45) is 0. The minimum absolute atomic E-state index is 0.0862. The molecule has 2 N–H and O–H groups in total. The van der Waals surface area contributed by atoms with Gasteiger partial charge < -0.3 is 5.73 Å². The van der Waals surface area contributed by atoms with E-state index in [4.69, 9.17) is 28.9 Å². The summed E-state index contributed by atoms with van der Waals surface area (Å²) < 4.78 is 26.7. The maximum Gasteiger partial charge on any atom is 0.264 e. The number of hydrogen-bond donors (Lipinski definition) is 1. The molecule has 2 aromatic carbocycles. The van der Waals surface area contributed by atoms with E-state index in [1.807, 2.05) is 12.1 Å². The molecule has 4 nitrogen and oxygen atoms in total. The van der Waals surface area contributed by atoms with Crippen LogP contribution >= 0.6 is 23.2 Å². The van der Waals surface area contributed by atoms with Crippen LogP contribution in [0.25, 0.3) is 0 Å². The van der Waals surface area contributed by atoms with Crippen LogP contribution in [0.2, 0.25) is 10.0 Å². The first-order valence-electron chi connectivity index (χ1n) is 6.16. The number of halogens is 2. The summed E-state index contributed by atoms with van der Waals surface area (Å²) in [7, 11) is -2.23. The molecule has 1 aliphatic heterocycles. The molecule has 0 spiro atoms. The molecule has 0 radical (unpaired) electrons. The van der Waals surface area contributed by atoms with Crippen molar-refractivity contribution in [1.82, 2.24) is 0 Å². The van der Waals surface area contributed by atoms with Crippen LogP contribution in [-0.4, -0.2) is 15.5 Å². The number of anilines is 1. The predicted molar refractivity (Wildman–Crippen MR) is 84.5 cm³/mol. The minimum atomic E-state index is -3.73. The van der Waals surface area contributed by atoms with E-state index >= 15 is 0 Å². The second-order valence-corrected chi connectivity index (χ2v) is 7.57. The highest BCUT2D eigenvalue weighted by atomic mass is 35.5. The van der Waals surface area contributed by atoms with Gasteiger partial charge in [-0.25, -0.2) is 8.42 Å². The van der Waals surface area contributed by atoms with Gasteiger partial charge in [-0.1, -0.05) is 41.4 Å². The Kier molecular flexibility index (Phi) is 3.41. The molecule has 0 saturated heterocycles. The van der Waals surface area contributed by atoms with Gasteiger partial charge in [0.1, 0.15) is 0 Å². The van der Waals surface area contributed by atoms with Crippen LogP contribution < -0.4 is 10.0 Å². The molecular formula is C14H12Cl2N2O2S. The van der Waals surface area contributed by atoms with E-state index in [9.17, 15) is 8.42 Å². The van der Waals surface area contributed by atoms with Crippen LogP contribution in [0.1, 0.15) is 17.2 Å². The van der Waals surface area contributed by atoms with Gasteiger partial charge in [0.2, 0.25) is 0 Å². The number of nitrogens with zero attached hydrogens (tertiary/aromatic N) is 1. The standard InChI is InChI=1S/C14H12Cl2N2O2S/c1-18-12-5-3-2-4-8(12)14(17)9-6-10(15)11(16)7-13(9)21(18,19)20/h2-7,14H,17H2,1H3. The Labute approximate surface area is 133 Å². The Morgan fingerprint density at radius 1 is 1.10 bits per heavy atom. The number of para-hydroxylation sites is 1. The van der Waals surface area contributed by atoms with Crippen molar-refractivity contribution in [2.24, 2.45) is 5.73 Å². The van der Waals surface area contributed by atoms with E-state index in [-0.39, 0.29) is 14.9 Å². The zero-order chi connectivity index (χ0) is 15.4. The molecule has 1 unspecified atom stereocenters. The molecule has 0 fully saturated rings. The van der Waals surface area contributed by atoms with Crippen LogP contribution in [0, 0.1) is 0 Å². The second-order valence-electron chi connectivity index (χ2n) is 4.81. The van der Waals surface area contributed by atoms with Crippen LogP contribution in [0.3, 0.4) is 0 Å². The fourth-order valence-electron chi connectivity index (χ4n) is 2.49. The van der Waals surface area contributed by atoms with Gasteiger partial charge in [0, 0.05) is 7.05 Å². The number of nitrogens with two attached hydrogens (primary N) is 1. The third kappa shape index (κ3) is 2.12. The number of rotatable bonds is 0. The van der Waals surface area contributed by atoms with Gasteiger partial charge in [-0.15, -0.1) is 0 Å². The quantitative estimate of drug-likeness (QED) is 0.799. The summed E-state index contributed by atoms with van der Waals surface area (Å²) in [5.74, 6) is 0. The first-order valence-corrected chi connectivity index (χ1v) is 8.36. The van der Waals surface area contributed by atoms with Gasteiger partial charge in [-0.05, 0) is 29.3 Å². The average Bonchev–Trinajstić information content (AvgIpc) is 2.52. The topological polar surface area (TPSA) is 63.4 Å². The lowest BCUT2D eigenvalue weighted by molar-refractivity contribution is 0.593. The molecule has 7 heteroatoms. The van der Waals surface area contributed by atoms with Crippen LogP contribution in [0.5, 0.6) is 0 Å². The summed E-state index contributed by atoms with van der Waals surface area (Å²) in [4.78, 5) is 0.0862. The molecule has 0 aliphatic carbocycles. The van der Waals surface area contributed by atoms with E-state index in [2.05, 4.69) is 0 Å². The Bertz CT molecular complexity index is 837. The summed E-state index contributed by atoms with van der Waals surface area (Å²) in [6, 6.07) is 9.42. The Morgan fingerprint density at radius 2 is 1.71 bits per heavy atom. The van der Waals surface area contributed by atoms with E-state index in [1.54, 1.807) is 12.1 Å². The molecule has 0 aromatic heterocycles. The van der Waals surface area contributed by atoms with E-state index in [1.165, 1.54) is 23.5 Å². The highest BCUT2D eigenvalue weighted by Gasteiger charge is 2.34. The van der Waals surface area contributed by atoms with E-state index < -0.39 is 16.1 Å². The normalized spacial score (nSPS) is 19.6. The molecule has 110 valence electrons. The van der Waals surface area contributed by atoms with Crippen LogP contribution in [-0.2, 0) is 10.0 Å². The number of sulfonamides is 1. The molecule has 1 atom stereocenters. The van der Waals surface area contributed by atoms with Gasteiger partial charge in [0.05, 0.1) is 26.7 Å². The van der Waals surface area contributed by atoms with Crippen molar-refractivity contribution in [3.63, 3.8) is 0 Å². The largest absolute Gasteiger partial charge is 0.320 e. The predicted octanol–water partition coefficient (Wildman–Crippen LogP) is 3.18. The molecule has 0 bridgehead atoms. The van der Waals surface area contributed by atoms with Gasteiger partial charge in [-0.3, -0.25) is 4.31 Å². The van der Waals surface area contributed by atoms with Crippen molar-refractivity contribution in [1.29, 1.82) is 0 Å². The minimum Gasteiger partial charge on any atom is -0.320 e. The maximum absolute atomic E-state index is 12.8. The molecule has 1 heterocycles. The maximum atomic E-state index is 12.8. The van der Waals surface area contributed by atoms with Crippen molar-refractivity contribution in [3.05, 3.63) is 57.6 Å². The van der Waals surface area contributed by atoms with Crippen molar-refractivity contribution < 1.29 is 8.42 Å². The summed E-state index contributed by atoms with van der Waals surface area (Å²) >= 11 is 12.0. The Balaban J connectivity index is 2.42. The third-order valence-corrected chi connectivity index (χ3v) is 6.19. The van der Waals surface area contributed by atoms with Gasteiger partial charge in [0.25, 0.3) is 10.0 Å². The first kappa shape index (κ1) is 14.7. The lowest BCUT2D eigenvalue weighted by atomic mass is 9.98. The fraction of sp³-hybridized carbons (Fsp3) is 0.143. The monoisotopic (exact) mass is 342 g/mol. The Hall–Kier alpha value is -1.27. The molecule has 1 aliphatic rings. The summed E-state index contributed by atoms with van der Waals surface area (Å²) in [6.45, 7) is 0. The summed E-state index contributed by atoms with van der Waals surface area (Å²) in [5.41, 5.74) is 7.99. The lowest BCUT2D eigenvalue weighted by Gasteiger charge is -2.19. The highest BCUT2D eigenvalue weighted by Crippen LogP contribution is 2.41. The number of fused-ring (bicyclic) bond motifs is 2. The van der Waals surface area contributed by atoms with E-state index in [0.717, 1.165) is 5.56 Å². The molecular weight excluding hydrogens is 331 g/mol. The number of benzene rings is 2. The van der Waals surface area contributed by atoms with Gasteiger partial charge >= 0.3 is 0 Å². The molecule has 0 amide bonds. The molecule has 2 aromatic rings. The first-order chi connectivity index (χ1) is 9.84. The fourth-order valence-corrected chi connectivity index (χ4v) is 4.36. The van der Waals surface area contributed by atoms with E-state index in [0.29, 0.717) is 11.3 Å². The smallest absolute Gasteiger partial charge is 0.264 e. The van der Waals surface area contributed by atoms with Crippen LogP contribution in [0.4, 0.5) is 5.69 Å². The average molecular weight is 343 g/mol. The summed E-state index contributed by atoms with van der Waals surface area (Å²) in [5, 5.41) is 0.466. The van der Waals surface area contributed by atoms with Gasteiger partial charge in [0.15, 0.2) is 0 Å². The second kappa shape index (κ2) is 4.88. The van der Waals surface area contributed by atoms with Crippen molar-refractivity contribution in [2.75, 3.05) is 11.4 Å². The zero-order valence-corrected chi connectivity index (χ0v) is 13.4.